The Bertz CT molecular complexity index is 330. The molecular weight excluding hydrogens is 264 g/mol. The number of carbonyl (C=O) groups is 2. The standard InChI is InChI=1S/C13H22O5Si/c1-8(14)16-13(17-9(2)15)19-6-5-10-3-4-11-12(7-10)18-11/h10-13H,3-7,19H2,1-2H3. The van der Waals surface area contributed by atoms with Crippen LogP contribution in [0.25, 0.3) is 0 Å². The van der Waals surface area contributed by atoms with Crippen LogP contribution in [0.4, 0.5) is 0 Å². The summed E-state index contributed by atoms with van der Waals surface area (Å²) >= 11 is 0. The molecule has 2 aliphatic rings. The topological polar surface area (TPSA) is 65.1 Å². The molecule has 1 aliphatic carbocycles. The summed E-state index contributed by atoms with van der Waals surface area (Å²) in [6, 6.07) is 1.04. The van der Waals surface area contributed by atoms with Crippen LogP contribution in [-0.2, 0) is 23.8 Å². The molecule has 19 heavy (non-hydrogen) atoms. The SMILES string of the molecule is CC(=O)OC(OC(C)=O)[SiH2]CCC1CCC2OC2C1. The first-order valence-electron chi connectivity index (χ1n) is 7.04. The summed E-state index contributed by atoms with van der Waals surface area (Å²) in [7, 11) is -0.736. The van der Waals surface area contributed by atoms with E-state index in [2.05, 4.69) is 0 Å². The van der Waals surface area contributed by atoms with Gasteiger partial charge in [-0.25, -0.2) is 0 Å². The number of hydrogen-bond donors (Lipinski definition) is 0. The highest BCUT2D eigenvalue weighted by atomic mass is 28.2. The lowest BCUT2D eigenvalue weighted by atomic mass is 9.88. The van der Waals surface area contributed by atoms with Gasteiger partial charge >= 0.3 is 11.9 Å². The second-order valence-corrected chi connectivity index (χ2v) is 7.42. The van der Waals surface area contributed by atoms with Crippen LogP contribution in [0.3, 0.4) is 0 Å². The van der Waals surface area contributed by atoms with E-state index in [1.54, 1.807) is 0 Å². The molecule has 6 heteroatoms. The van der Waals surface area contributed by atoms with Crippen LogP contribution in [0, 0.1) is 5.92 Å². The van der Waals surface area contributed by atoms with Gasteiger partial charge in [0.1, 0.15) is 9.52 Å². The lowest BCUT2D eigenvalue weighted by Gasteiger charge is -2.20. The van der Waals surface area contributed by atoms with Crippen molar-refractivity contribution in [1.82, 2.24) is 0 Å². The highest BCUT2D eigenvalue weighted by Gasteiger charge is 2.43. The van der Waals surface area contributed by atoms with E-state index in [4.69, 9.17) is 14.2 Å². The Hall–Kier alpha value is -0.883. The minimum absolute atomic E-state index is 0.384. The number of hydrogen-bond acceptors (Lipinski definition) is 5. The Morgan fingerprint density at radius 1 is 1.21 bits per heavy atom. The summed E-state index contributed by atoms with van der Waals surface area (Å²) < 4.78 is 15.6. The van der Waals surface area contributed by atoms with E-state index in [0.29, 0.717) is 12.2 Å². The maximum atomic E-state index is 10.9. The van der Waals surface area contributed by atoms with Gasteiger partial charge in [-0.3, -0.25) is 9.59 Å². The first-order chi connectivity index (χ1) is 9.04. The molecule has 0 bridgehead atoms. The van der Waals surface area contributed by atoms with Gasteiger partial charge in [0.05, 0.1) is 12.2 Å². The molecule has 108 valence electrons. The van der Waals surface area contributed by atoms with Crippen molar-refractivity contribution >= 4 is 21.5 Å². The summed E-state index contributed by atoms with van der Waals surface area (Å²) in [6.45, 7) is 2.69. The average molecular weight is 286 g/mol. The minimum atomic E-state index is -0.736. The van der Waals surface area contributed by atoms with E-state index >= 15 is 0 Å². The first-order valence-corrected chi connectivity index (χ1v) is 8.86. The van der Waals surface area contributed by atoms with Crippen molar-refractivity contribution in [2.24, 2.45) is 5.92 Å². The average Bonchev–Trinajstić information content (AvgIpc) is 3.05. The van der Waals surface area contributed by atoms with Crippen LogP contribution in [0.2, 0.25) is 6.04 Å². The van der Waals surface area contributed by atoms with Gasteiger partial charge in [0, 0.05) is 13.8 Å². The van der Waals surface area contributed by atoms with Crippen molar-refractivity contribution in [2.75, 3.05) is 0 Å². The van der Waals surface area contributed by atoms with Crippen molar-refractivity contribution in [1.29, 1.82) is 0 Å². The lowest BCUT2D eigenvalue weighted by molar-refractivity contribution is -0.171. The lowest BCUT2D eigenvalue weighted by Crippen LogP contribution is -2.29. The first kappa shape index (κ1) is 14.5. The summed E-state index contributed by atoms with van der Waals surface area (Å²) in [6.07, 6.45) is 5.79. The highest BCUT2D eigenvalue weighted by molar-refractivity contribution is 6.37. The molecule has 0 amide bonds. The molecule has 0 aromatic carbocycles. The maximum absolute atomic E-state index is 10.9. The van der Waals surface area contributed by atoms with E-state index in [-0.39, 0.29) is 11.9 Å². The minimum Gasteiger partial charge on any atom is -0.431 e. The monoisotopic (exact) mass is 286 g/mol. The molecule has 1 saturated heterocycles. The zero-order chi connectivity index (χ0) is 13.8. The Morgan fingerprint density at radius 2 is 1.89 bits per heavy atom. The second-order valence-electron chi connectivity index (χ2n) is 5.47. The number of epoxide rings is 1. The maximum Gasteiger partial charge on any atom is 0.305 e. The Morgan fingerprint density at radius 3 is 2.47 bits per heavy atom. The van der Waals surface area contributed by atoms with Gasteiger partial charge in [-0.2, -0.15) is 0 Å². The molecule has 1 aliphatic heterocycles. The third-order valence-electron chi connectivity index (χ3n) is 3.76. The summed E-state index contributed by atoms with van der Waals surface area (Å²) in [5.74, 6) is -0.633. The van der Waals surface area contributed by atoms with E-state index in [1.165, 1.54) is 33.1 Å². The van der Waals surface area contributed by atoms with Crippen LogP contribution in [0.15, 0.2) is 0 Å². The summed E-state index contributed by atoms with van der Waals surface area (Å²) in [5.41, 5.74) is 0. The third-order valence-corrected chi connectivity index (χ3v) is 5.38. The molecule has 1 heterocycles. The van der Waals surface area contributed by atoms with Gasteiger partial charge < -0.3 is 14.2 Å². The van der Waals surface area contributed by atoms with Crippen LogP contribution < -0.4 is 0 Å². The van der Waals surface area contributed by atoms with Crippen molar-refractivity contribution in [2.45, 2.75) is 63.7 Å². The fourth-order valence-electron chi connectivity index (χ4n) is 2.83. The highest BCUT2D eigenvalue weighted by Crippen LogP contribution is 2.40. The van der Waals surface area contributed by atoms with Crippen LogP contribution in [-0.4, -0.2) is 39.6 Å². The van der Waals surface area contributed by atoms with Crippen LogP contribution in [0.1, 0.15) is 39.5 Å². The normalized spacial score (nSPS) is 29.3. The van der Waals surface area contributed by atoms with Gasteiger partial charge in [-0.15, -0.1) is 0 Å². The van der Waals surface area contributed by atoms with Crippen molar-refractivity contribution in [3.05, 3.63) is 0 Å². The molecule has 3 unspecified atom stereocenters. The Labute approximate surface area is 115 Å². The fourth-order valence-corrected chi connectivity index (χ4v) is 4.69. The second kappa shape index (κ2) is 6.52. The smallest absolute Gasteiger partial charge is 0.305 e. The van der Waals surface area contributed by atoms with E-state index in [0.717, 1.165) is 18.4 Å². The van der Waals surface area contributed by atoms with Gasteiger partial charge in [0.2, 0.25) is 5.91 Å². The summed E-state index contributed by atoms with van der Waals surface area (Å²) in [5, 5.41) is 0. The molecule has 0 spiro atoms. The largest absolute Gasteiger partial charge is 0.431 e. The van der Waals surface area contributed by atoms with Crippen LogP contribution in [0.5, 0.6) is 0 Å². The third kappa shape index (κ3) is 4.95. The Kier molecular flexibility index (Phi) is 4.98. The number of fused-ring (bicyclic) bond motifs is 1. The van der Waals surface area contributed by atoms with Crippen LogP contribution >= 0.6 is 0 Å². The summed E-state index contributed by atoms with van der Waals surface area (Å²) in [4.78, 5) is 21.9. The molecule has 1 saturated carbocycles. The van der Waals surface area contributed by atoms with Gasteiger partial charge in [0.25, 0.3) is 0 Å². The molecule has 0 aromatic heterocycles. The quantitative estimate of drug-likeness (QED) is 0.315. The molecule has 3 atom stereocenters. The number of carbonyl (C=O) groups excluding carboxylic acids is 2. The molecule has 5 nitrogen and oxygen atoms in total. The van der Waals surface area contributed by atoms with E-state index in [1.807, 2.05) is 0 Å². The van der Waals surface area contributed by atoms with E-state index in [9.17, 15) is 9.59 Å². The van der Waals surface area contributed by atoms with Crippen molar-refractivity contribution in [3.63, 3.8) is 0 Å². The number of ether oxygens (including phenoxy) is 3. The molecule has 0 aromatic rings. The van der Waals surface area contributed by atoms with Crippen molar-refractivity contribution in [3.8, 4) is 0 Å². The predicted molar refractivity (Wildman–Crippen MR) is 71.3 cm³/mol. The van der Waals surface area contributed by atoms with Gasteiger partial charge in [0.15, 0.2) is 0 Å². The fraction of sp³-hybridized carbons (Fsp3) is 0.846. The number of rotatable bonds is 6. The Balaban J connectivity index is 1.65. The zero-order valence-corrected chi connectivity index (χ0v) is 13.0. The van der Waals surface area contributed by atoms with E-state index < -0.39 is 15.4 Å². The number of esters is 2. The van der Waals surface area contributed by atoms with Crippen molar-refractivity contribution < 1.29 is 23.8 Å². The zero-order valence-electron chi connectivity index (χ0n) is 11.6. The molecule has 2 fully saturated rings. The predicted octanol–water partition coefficient (Wildman–Crippen LogP) is 0.941. The molecule has 0 N–H and O–H groups in total. The van der Waals surface area contributed by atoms with Gasteiger partial charge in [-0.1, -0.05) is 12.5 Å². The molecule has 2 rings (SSSR count). The molecular formula is C13H22O5Si. The molecule has 0 radical (unpaired) electrons. The van der Waals surface area contributed by atoms with Gasteiger partial charge in [-0.05, 0) is 25.2 Å².